The number of hydrogen-bond donors (Lipinski definition) is 1. The van der Waals surface area contributed by atoms with Gasteiger partial charge in [0.15, 0.2) is 5.78 Å². The summed E-state index contributed by atoms with van der Waals surface area (Å²) in [4.78, 5) is 33.1. The Hall–Kier alpha value is -2.09. The number of rotatable bonds is 16. The van der Waals surface area contributed by atoms with Crippen LogP contribution in [0, 0.1) is 0 Å². The Morgan fingerprint density at radius 2 is 1.52 bits per heavy atom. The van der Waals surface area contributed by atoms with E-state index in [1.165, 1.54) is 6.92 Å². The molecule has 0 aliphatic carbocycles. The van der Waals surface area contributed by atoms with Gasteiger partial charge in [0.1, 0.15) is 6.29 Å². The van der Waals surface area contributed by atoms with Crippen LogP contribution in [-0.4, -0.2) is 57.6 Å². The highest BCUT2D eigenvalue weighted by Gasteiger charge is 2.06. The summed E-state index contributed by atoms with van der Waals surface area (Å²) in [5.74, 6) is -0.00289. The molecule has 27 heavy (non-hydrogen) atoms. The van der Waals surface area contributed by atoms with Gasteiger partial charge in [-0.2, -0.15) is 0 Å². The zero-order chi connectivity index (χ0) is 19.7. The topological polar surface area (TPSA) is 90.9 Å². The summed E-state index contributed by atoms with van der Waals surface area (Å²) in [5, 5.41) is 2.72. The molecule has 0 atom stereocenters. The van der Waals surface area contributed by atoms with Gasteiger partial charge in [-0.1, -0.05) is 24.3 Å². The fourth-order valence-corrected chi connectivity index (χ4v) is 2.19. The Labute approximate surface area is 160 Å². The molecule has 1 N–H and O–H groups in total. The summed E-state index contributed by atoms with van der Waals surface area (Å²) in [7, 11) is 0. The van der Waals surface area contributed by atoms with Crippen molar-refractivity contribution < 1.29 is 28.6 Å². The van der Waals surface area contributed by atoms with Crippen LogP contribution in [0.25, 0.3) is 0 Å². The molecule has 1 aromatic carbocycles. The molecule has 7 heteroatoms. The number of benzene rings is 1. The third-order valence-corrected chi connectivity index (χ3v) is 3.63. The maximum atomic E-state index is 12.1. The lowest BCUT2D eigenvalue weighted by molar-refractivity contribution is -0.119. The summed E-state index contributed by atoms with van der Waals surface area (Å²) in [6.07, 6.45) is 2.31. The Bertz CT molecular complexity index is 558. The largest absolute Gasteiger partial charge is 0.379 e. The van der Waals surface area contributed by atoms with Crippen LogP contribution in [0.4, 0.5) is 0 Å². The molecule has 0 heterocycles. The standard InChI is InChI=1S/C20H29NO6/c1-17(23)21-16-18-5-7-19(8-6-18)20(24)4-2-10-25-12-14-27-15-13-26-11-3-9-22/h5-9H,2-4,10-16H2,1H3,(H,21,23). The van der Waals surface area contributed by atoms with Crippen molar-refractivity contribution >= 4 is 18.0 Å². The van der Waals surface area contributed by atoms with Crippen LogP contribution in [0.1, 0.15) is 42.1 Å². The van der Waals surface area contributed by atoms with Gasteiger partial charge < -0.3 is 24.3 Å². The van der Waals surface area contributed by atoms with Gasteiger partial charge in [-0.15, -0.1) is 0 Å². The second-order valence-electron chi connectivity index (χ2n) is 5.93. The van der Waals surface area contributed by atoms with E-state index in [-0.39, 0.29) is 11.7 Å². The van der Waals surface area contributed by atoms with Gasteiger partial charge in [0, 0.05) is 38.5 Å². The molecule has 1 rings (SSSR count). The van der Waals surface area contributed by atoms with Crippen molar-refractivity contribution in [3.05, 3.63) is 35.4 Å². The van der Waals surface area contributed by atoms with Crippen LogP contribution >= 0.6 is 0 Å². The number of ketones is 1. The molecule has 0 radical (unpaired) electrons. The third-order valence-electron chi connectivity index (χ3n) is 3.63. The third kappa shape index (κ3) is 12.0. The lowest BCUT2D eigenvalue weighted by Gasteiger charge is -2.07. The van der Waals surface area contributed by atoms with Crippen molar-refractivity contribution in [3.8, 4) is 0 Å². The van der Waals surface area contributed by atoms with E-state index in [0.717, 1.165) is 11.8 Å². The van der Waals surface area contributed by atoms with Gasteiger partial charge in [0.25, 0.3) is 0 Å². The van der Waals surface area contributed by atoms with E-state index >= 15 is 0 Å². The van der Waals surface area contributed by atoms with E-state index in [9.17, 15) is 14.4 Å². The number of Topliss-reactive ketones (excluding diaryl/α,β-unsaturated/α-hetero) is 1. The monoisotopic (exact) mass is 379 g/mol. The number of nitrogens with one attached hydrogen (secondary N) is 1. The van der Waals surface area contributed by atoms with Crippen LogP contribution in [0.2, 0.25) is 0 Å². The number of amides is 1. The highest BCUT2D eigenvalue weighted by atomic mass is 16.5. The normalized spacial score (nSPS) is 10.6. The van der Waals surface area contributed by atoms with E-state index in [1.54, 1.807) is 12.1 Å². The smallest absolute Gasteiger partial charge is 0.217 e. The van der Waals surface area contributed by atoms with Crippen molar-refractivity contribution in [1.82, 2.24) is 5.32 Å². The van der Waals surface area contributed by atoms with Crippen molar-refractivity contribution in [2.45, 2.75) is 32.7 Å². The Kier molecular flexibility index (Phi) is 12.8. The molecular weight excluding hydrogens is 350 g/mol. The first-order chi connectivity index (χ1) is 13.1. The predicted molar refractivity (Wildman–Crippen MR) is 101 cm³/mol. The maximum absolute atomic E-state index is 12.1. The first-order valence-corrected chi connectivity index (χ1v) is 9.17. The Balaban J connectivity index is 2.02. The molecule has 0 bridgehead atoms. The van der Waals surface area contributed by atoms with E-state index in [2.05, 4.69) is 5.32 Å². The van der Waals surface area contributed by atoms with Crippen LogP contribution in [-0.2, 0) is 30.3 Å². The number of hydrogen-bond acceptors (Lipinski definition) is 6. The predicted octanol–water partition coefficient (Wildman–Crippen LogP) is 1.92. The summed E-state index contributed by atoms with van der Waals surface area (Å²) in [5.41, 5.74) is 1.62. The first-order valence-electron chi connectivity index (χ1n) is 9.17. The minimum absolute atomic E-state index is 0.0772. The average molecular weight is 379 g/mol. The van der Waals surface area contributed by atoms with E-state index < -0.39 is 0 Å². The number of ether oxygens (including phenoxy) is 3. The SMILES string of the molecule is CC(=O)NCc1ccc(C(=O)CCCOCCOCCOCCC=O)cc1. The molecule has 1 amide bonds. The molecule has 0 saturated carbocycles. The fourth-order valence-electron chi connectivity index (χ4n) is 2.19. The molecule has 1 aromatic rings. The minimum atomic E-state index is -0.0801. The lowest BCUT2D eigenvalue weighted by atomic mass is 10.0. The molecule has 0 unspecified atom stereocenters. The molecule has 0 aromatic heterocycles. The molecule has 0 aliphatic rings. The Morgan fingerprint density at radius 1 is 0.926 bits per heavy atom. The second kappa shape index (κ2) is 15.0. The number of carbonyl (C=O) groups is 3. The van der Waals surface area contributed by atoms with Crippen molar-refractivity contribution in [2.24, 2.45) is 0 Å². The molecule has 0 aliphatic heterocycles. The Morgan fingerprint density at radius 3 is 2.11 bits per heavy atom. The summed E-state index contributed by atoms with van der Waals surface area (Å²) in [6, 6.07) is 7.26. The zero-order valence-corrected chi connectivity index (χ0v) is 15.9. The number of carbonyl (C=O) groups excluding carboxylic acids is 3. The first kappa shape index (κ1) is 23.0. The summed E-state index contributed by atoms with van der Waals surface area (Å²) < 4.78 is 15.9. The summed E-state index contributed by atoms with van der Waals surface area (Å²) in [6.45, 7) is 4.75. The van der Waals surface area contributed by atoms with E-state index in [0.29, 0.717) is 71.0 Å². The molecule has 0 spiro atoms. The zero-order valence-electron chi connectivity index (χ0n) is 15.9. The van der Waals surface area contributed by atoms with Gasteiger partial charge in [0.2, 0.25) is 5.91 Å². The van der Waals surface area contributed by atoms with Crippen LogP contribution < -0.4 is 5.32 Å². The highest BCUT2D eigenvalue weighted by Crippen LogP contribution is 2.08. The van der Waals surface area contributed by atoms with Gasteiger partial charge in [0.05, 0.1) is 33.0 Å². The van der Waals surface area contributed by atoms with Crippen LogP contribution in [0.15, 0.2) is 24.3 Å². The van der Waals surface area contributed by atoms with Gasteiger partial charge >= 0.3 is 0 Å². The highest BCUT2D eigenvalue weighted by molar-refractivity contribution is 5.96. The van der Waals surface area contributed by atoms with E-state index in [1.807, 2.05) is 12.1 Å². The van der Waals surface area contributed by atoms with Crippen molar-refractivity contribution in [1.29, 1.82) is 0 Å². The van der Waals surface area contributed by atoms with Gasteiger partial charge in [-0.25, -0.2) is 0 Å². The van der Waals surface area contributed by atoms with Crippen LogP contribution in [0.5, 0.6) is 0 Å². The van der Waals surface area contributed by atoms with Crippen molar-refractivity contribution in [3.63, 3.8) is 0 Å². The van der Waals surface area contributed by atoms with E-state index in [4.69, 9.17) is 14.2 Å². The molecule has 150 valence electrons. The van der Waals surface area contributed by atoms with Crippen molar-refractivity contribution in [2.75, 3.05) is 39.6 Å². The average Bonchev–Trinajstić information content (AvgIpc) is 2.67. The minimum Gasteiger partial charge on any atom is -0.379 e. The fraction of sp³-hybridized carbons (Fsp3) is 0.550. The molecular formula is C20H29NO6. The lowest BCUT2D eigenvalue weighted by Crippen LogP contribution is -2.18. The van der Waals surface area contributed by atoms with Gasteiger partial charge in [-0.05, 0) is 12.0 Å². The number of aldehydes is 1. The maximum Gasteiger partial charge on any atom is 0.217 e. The molecule has 0 fully saturated rings. The van der Waals surface area contributed by atoms with Crippen LogP contribution in [0.3, 0.4) is 0 Å². The molecule has 0 saturated heterocycles. The van der Waals surface area contributed by atoms with Gasteiger partial charge in [-0.3, -0.25) is 9.59 Å². The quantitative estimate of drug-likeness (QED) is 0.268. The molecule has 7 nitrogen and oxygen atoms in total. The second-order valence-corrected chi connectivity index (χ2v) is 5.93. The summed E-state index contributed by atoms with van der Waals surface area (Å²) >= 11 is 0.